The van der Waals surface area contributed by atoms with Crippen LogP contribution in [-0.4, -0.2) is 11.9 Å². The van der Waals surface area contributed by atoms with Gasteiger partial charge in [0.2, 0.25) is 5.91 Å². The van der Waals surface area contributed by atoms with E-state index in [1.165, 1.54) is 37.8 Å². The molecule has 0 radical (unpaired) electrons. The second-order valence-electron chi connectivity index (χ2n) is 5.39. The Balaban J connectivity index is 1.74. The summed E-state index contributed by atoms with van der Waals surface area (Å²) in [5.74, 6) is -0.141. The van der Waals surface area contributed by atoms with Crippen LogP contribution in [0.4, 0.5) is 4.39 Å². The Morgan fingerprint density at radius 2 is 1.95 bits per heavy atom. The third kappa shape index (κ3) is 5.01. The van der Waals surface area contributed by atoms with Gasteiger partial charge < -0.3 is 5.32 Å². The van der Waals surface area contributed by atoms with Crippen LogP contribution in [0.5, 0.6) is 0 Å². The van der Waals surface area contributed by atoms with Crippen LogP contribution in [0.3, 0.4) is 0 Å². The van der Waals surface area contributed by atoms with Crippen molar-refractivity contribution in [2.45, 2.75) is 57.4 Å². The van der Waals surface area contributed by atoms with Crippen molar-refractivity contribution in [1.29, 1.82) is 0 Å². The zero-order valence-corrected chi connectivity index (χ0v) is 11.3. The van der Waals surface area contributed by atoms with Crippen molar-refractivity contribution in [1.82, 2.24) is 5.32 Å². The maximum absolute atomic E-state index is 13.0. The summed E-state index contributed by atoms with van der Waals surface area (Å²) in [4.78, 5) is 11.9. The van der Waals surface area contributed by atoms with Gasteiger partial charge in [0.25, 0.3) is 0 Å². The van der Waals surface area contributed by atoms with Gasteiger partial charge >= 0.3 is 0 Å². The van der Waals surface area contributed by atoms with Gasteiger partial charge in [-0.25, -0.2) is 4.39 Å². The topological polar surface area (TPSA) is 29.1 Å². The average molecular weight is 263 g/mol. The summed E-state index contributed by atoms with van der Waals surface area (Å²) in [6.45, 7) is 0. The van der Waals surface area contributed by atoms with Crippen LogP contribution in [0.25, 0.3) is 0 Å². The molecule has 3 heteroatoms. The molecule has 1 aliphatic carbocycles. The molecule has 1 saturated carbocycles. The lowest BCUT2D eigenvalue weighted by Crippen LogP contribution is -2.34. The molecule has 1 amide bonds. The minimum atomic E-state index is -0.235. The van der Waals surface area contributed by atoms with E-state index in [1.807, 2.05) is 6.07 Å². The monoisotopic (exact) mass is 263 g/mol. The molecule has 2 rings (SSSR count). The molecule has 0 atom stereocenters. The summed E-state index contributed by atoms with van der Waals surface area (Å²) in [7, 11) is 0. The molecule has 1 fully saturated rings. The van der Waals surface area contributed by atoms with E-state index in [0.29, 0.717) is 18.9 Å². The maximum Gasteiger partial charge on any atom is 0.220 e. The van der Waals surface area contributed by atoms with Crippen LogP contribution in [-0.2, 0) is 11.2 Å². The molecule has 0 spiro atoms. The molecular formula is C16H22FNO. The van der Waals surface area contributed by atoms with E-state index in [1.54, 1.807) is 6.07 Å². The van der Waals surface area contributed by atoms with Gasteiger partial charge in [-0.15, -0.1) is 0 Å². The fourth-order valence-electron chi connectivity index (χ4n) is 2.67. The van der Waals surface area contributed by atoms with Gasteiger partial charge in [-0.2, -0.15) is 0 Å². The summed E-state index contributed by atoms with van der Waals surface area (Å²) in [6, 6.07) is 6.83. The first kappa shape index (κ1) is 14.0. The standard InChI is InChI=1S/C16H22FNO/c17-14-7-5-6-13(12-14)10-11-16(19)18-15-8-3-1-2-4-9-15/h5-7,12,15H,1-4,8-11H2,(H,18,19). The molecule has 2 nitrogen and oxygen atoms in total. The number of hydrogen-bond acceptors (Lipinski definition) is 1. The van der Waals surface area contributed by atoms with Crippen molar-refractivity contribution in [3.05, 3.63) is 35.6 Å². The fourth-order valence-corrected chi connectivity index (χ4v) is 2.67. The van der Waals surface area contributed by atoms with Crippen molar-refractivity contribution < 1.29 is 9.18 Å². The largest absolute Gasteiger partial charge is 0.353 e. The van der Waals surface area contributed by atoms with E-state index in [-0.39, 0.29) is 11.7 Å². The molecule has 104 valence electrons. The third-order valence-electron chi connectivity index (χ3n) is 3.75. The second kappa shape index (κ2) is 7.27. The van der Waals surface area contributed by atoms with E-state index >= 15 is 0 Å². The van der Waals surface area contributed by atoms with Crippen LogP contribution >= 0.6 is 0 Å². The van der Waals surface area contributed by atoms with Gasteiger partial charge in [0, 0.05) is 12.5 Å². The van der Waals surface area contributed by atoms with Gasteiger partial charge in [0.15, 0.2) is 0 Å². The summed E-state index contributed by atoms with van der Waals surface area (Å²) >= 11 is 0. The normalized spacial score (nSPS) is 16.9. The van der Waals surface area contributed by atoms with Crippen LogP contribution in [0, 0.1) is 5.82 Å². The van der Waals surface area contributed by atoms with Crippen LogP contribution in [0.15, 0.2) is 24.3 Å². The summed E-state index contributed by atoms with van der Waals surface area (Å²) < 4.78 is 13.0. The second-order valence-corrected chi connectivity index (χ2v) is 5.39. The lowest BCUT2D eigenvalue weighted by molar-refractivity contribution is -0.121. The van der Waals surface area contributed by atoms with Crippen molar-refractivity contribution >= 4 is 5.91 Å². The zero-order valence-electron chi connectivity index (χ0n) is 11.3. The van der Waals surface area contributed by atoms with Gasteiger partial charge in [0.1, 0.15) is 5.82 Å². The first-order valence-electron chi connectivity index (χ1n) is 7.28. The first-order valence-corrected chi connectivity index (χ1v) is 7.28. The number of hydrogen-bond donors (Lipinski definition) is 1. The predicted octanol–water partition coefficient (Wildman–Crippen LogP) is 3.60. The Morgan fingerprint density at radius 1 is 1.21 bits per heavy atom. The maximum atomic E-state index is 13.0. The lowest BCUT2D eigenvalue weighted by Gasteiger charge is -2.16. The van der Waals surface area contributed by atoms with Crippen LogP contribution in [0.1, 0.15) is 50.5 Å². The van der Waals surface area contributed by atoms with Crippen LogP contribution < -0.4 is 5.32 Å². The Hall–Kier alpha value is -1.38. The number of aryl methyl sites for hydroxylation is 1. The van der Waals surface area contributed by atoms with Crippen molar-refractivity contribution in [2.24, 2.45) is 0 Å². The molecule has 1 N–H and O–H groups in total. The summed E-state index contributed by atoms with van der Waals surface area (Å²) in [6.07, 6.45) is 8.27. The number of amides is 1. The number of rotatable bonds is 4. The average Bonchev–Trinajstić information content (AvgIpc) is 2.65. The smallest absolute Gasteiger partial charge is 0.220 e. The Kier molecular flexibility index (Phi) is 5.37. The zero-order chi connectivity index (χ0) is 13.5. The van der Waals surface area contributed by atoms with Crippen molar-refractivity contribution in [2.75, 3.05) is 0 Å². The molecule has 0 aromatic heterocycles. The molecule has 0 bridgehead atoms. The molecule has 1 aromatic rings. The molecule has 0 heterocycles. The molecule has 1 aliphatic rings. The third-order valence-corrected chi connectivity index (χ3v) is 3.75. The van der Waals surface area contributed by atoms with E-state index in [0.717, 1.165) is 18.4 Å². The molecule has 0 unspecified atom stereocenters. The van der Waals surface area contributed by atoms with Gasteiger partial charge in [-0.05, 0) is 37.0 Å². The highest BCUT2D eigenvalue weighted by Crippen LogP contribution is 2.17. The molecule has 0 aliphatic heterocycles. The number of carbonyl (C=O) groups is 1. The van der Waals surface area contributed by atoms with Crippen molar-refractivity contribution in [3.63, 3.8) is 0 Å². The molecule has 1 aromatic carbocycles. The SMILES string of the molecule is O=C(CCc1cccc(F)c1)NC1CCCCCC1. The number of halogens is 1. The Bertz CT molecular complexity index is 411. The fraction of sp³-hybridized carbons (Fsp3) is 0.562. The molecule has 19 heavy (non-hydrogen) atoms. The van der Waals surface area contributed by atoms with E-state index in [2.05, 4.69) is 5.32 Å². The highest BCUT2D eigenvalue weighted by molar-refractivity contribution is 5.76. The summed E-state index contributed by atoms with van der Waals surface area (Å²) in [5, 5.41) is 3.11. The first-order chi connectivity index (χ1) is 9.24. The Morgan fingerprint density at radius 3 is 2.63 bits per heavy atom. The van der Waals surface area contributed by atoms with Gasteiger partial charge in [-0.3, -0.25) is 4.79 Å². The molecular weight excluding hydrogens is 241 g/mol. The van der Waals surface area contributed by atoms with E-state index < -0.39 is 0 Å². The van der Waals surface area contributed by atoms with Crippen LogP contribution in [0.2, 0.25) is 0 Å². The highest BCUT2D eigenvalue weighted by atomic mass is 19.1. The Labute approximate surface area is 114 Å². The number of benzene rings is 1. The predicted molar refractivity (Wildman–Crippen MR) is 74.4 cm³/mol. The molecule has 0 saturated heterocycles. The van der Waals surface area contributed by atoms with Gasteiger partial charge in [-0.1, -0.05) is 37.8 Å². The lowest BCUT2D eigenvalue weighted by atomic mass is 10.1. The van der Waals surface area contributed by atoms with E-state index in [9.17, 15) is 9.18 Å². The van der Waals surface area contributed by atoms with Gasteiger partial charge in [0.05, 0.1) is 0 Å². The quantitative estimate of drug-likeness (QED) is 0.826. The minimum Gasteiger partial charge on any atom is -0.353 e. The minimum absolute atomic E-state index is 0.0937. The summed E-state index contributed by atoms with van der Waals surface area (Å²) in [5.41, 5.74) is 0.885. The van der Waals surface area contributed by atoms with E-state index in [4.69, 9.17) is 0 Å². The number of nitrogens with one attached hydrogen (secondary N) is 1. The highest BCUT2D eigenvalue weighted by Gasteiger charge is 2.14. The number of carbonyl (C=O) groups excluding carboxylic acids is 1. The van der Waals surface area contributed by atoms with Crippen molar-refractivity contribution in [3.8, 4) is 0 Å².